The summed E-state index contributed by atoms with van der Waals surface area (Å²) >= 11 is 0. The Bertz CT molecular complexity index is 525. The average molecular weight is 252 g/mol. The Labute approximate surface area is 115 Å². The summed E-state index contributed by atoms with van der Waals surface area (Å²) < 4.78 is 0. The molecule has 0 bridgehead atoms. The van der Waals surface area contributed by atoms with E-state index in [0.717, 1.165) is 12.0 Å². The quantitative estimate of drug-likeness (QED) is 0.775. The highest BCUT2D eigenvalue weighted by atomic mass is 16.1. The molecule has 0 saturated heterocycles. The summed E-state index contributed by atoms with van der Waals surface area (Å²) in [5, 5.41) is 0. The van der Waals surface area contributed by atoms with E-state index >= 15 is 0 Å². The average Bonchev–Trinajstić information content (AvgIpc) is 2.46. The van der Waals surface area contributed by atoms with Crippen molar-refractivity contribution in [2.75, 3.05) is 0 Å². The van der Waals surface area contributed by atoms with Crippen LogP contribution >= 0.6 is 0 Å². The van der Waals surface area contributed by atoms with Gasteiger partial charge in [0.05, 0.1) is 0 Å². The van der Waals surface area contributed by atoms with Gasteiger partial charge in [0.1, 0.15) is 5.78 Å². The first-order valence-electron chi connectivity index (χ1n) is 6.80. The van der Waals surface area contributed by atoms with Crippen LogP contribution in [0.25, 0.3) is 0 Å². The Morgan fingerprint density at radius 3 is 2.26 bits per heavy atom. The van der Waals surface area contributed by atoms with E-state index in [1.165, 1.54) is 11.1 Å². The van der Waals surface area contributed by atoms with Crippen molar-refractivity contribution in [2.24, 2.45) is 0 Å². The molecule has 0 aromatic heterocycles. The summed E-state index contributed by atoms with van der Waals surface area (Å²) in [5.41, 5.74) is 3.57. The maximum Gasteiger partial charge on any atom is 0.140 e. The Morgan fingerprint density at radius 2 is 1.63 bits per heavy atom. The van der Waals surface area contributed by atoms with Crippen LogP contribution in [0.1, 0.15) is 36.0 Å². The summed E-state index contributed by atoms with van der Waals surface area (Å²) in [6.07, 6.45) is 1.44. The van der Waals surface area contributed by atoms with Crippen molar-refractivity contribution in [1.29, 1.82) is 0 Å². The SMILES string of the molecule is Cc1ccc(C(C)C(=O)CCc2ccccc2)cc1. The number of ketones is 1. The number of rotatable bonds is 5. The lowest BCUT2D eigenvalue weighted by Crippen LogP contribution is -2.10. The molecule has 1 atom stereocenters. The second-order valence-corrected chi connectivity index (χ2v) is 5.08. The van der Waals surface area contributed by atoms with Crippen molar-refractivity contribution >= 4 is 5.78 Å². The van der Waals surface area contributed by atoms with Crippen molar-refractivity contribution in [2.45, 2.75) is 32.6 Å². The van der Waals surface area contributed by atoms with Gasteiger partial charge in [0.15, 0.2) is 0 Å². The molecule has 0 spiro atoms. The smallest absolute Gasteiger partial charge is 0.140 e. The van der Waals surface area contributed by atoms with Gasteiger partial charge >= 0.3 is 0 Å². The predicted octanol–water partition coefficient (Wildman–Crippen LogP) is 4.30. The number of hydrogen-bond donors (Lipinski definition) is 0. The molecule has 2 aromatic carbocycles. The summed E-state index contributed by atoms with van der Waals surface area (Å²) in [7, 11) is 0. The van der Waals surface area contributed by atoms with Gasteiger partial charge in [-0.05, 0) is 24.5 Å². The van der Waals surface area contributed by atoms with Crippen LogP contribution in [0.4, 0.5) is 0 Å². The third-order valence-electron chi connectivity index (χ3n) is 3.56. The number of aryl methyl sites for hydroxylation is 2. The molecule has 2 rings (SSSR count). The van der Waals surface area contributed by atoms with Crippen LogP contribution in [-0.2, 0) is 11.2 Å². The fourth-order valence-corrected chi connectivity index (χ4v) is 2.17. The van der Waals surface area contributed by atoms with Crippen molar-refractivity contribution in [1.82, 2.24) is 0 Å². The molecule has 1 heteroatoms. The highest BCUT2D eigenvalue weighted by molar-refractivity contribution is 5.85. The maximum atomic E-state index is 12.2. The second kappa shape index (κ2) is 6.33. The Kier molecular flexibility index (Phi) is 4.51. The molecular weight excluding hydrogens is 232 g/mol. The zero-order valence-corrected chi connectivity index (χ0v) is 11.6. The minimum atomic E-state index is -0.00990. The zero-order valence-electron chi connectivity index (χ0n) is 11.6. The monoisotopic (exact) mass is 252 g/mol. The number of benzene rings is 2. The Morgan fingerprint density at radius 1 is 1.00 bits per heavy atom. The van der Waals surface area contributed by atoms with Crippen LogP contribution in [0.5, 0.6) is 0 Å². The Hall–Kier alpha value is -1.89. The highest BCUT2D eigenvalue weighted by Crippen LogP contribution is 2.19. The van der Waals surface area contributed by atoms with E-state index in [1.807, 2.05) is 25.1 Å². The molecule has 0 aliphatic carbocycles. The van der Waals surface area contributed by atoms with Crippen molar-refractivity contribution in [3.8, 4) is 0 Å². The first-order chi connectivity index (χ1) is 9.16. The first kappa shape index (κ1) is 13.5. The fraction of sp³-hybridized carbons (Fsp3) is 0.278. The number of carbonyl (C=O) groups excluding carboxylic acids is 1. The third-order valence-corrected chi connectivity index (χ3v) is 3.56. The van der Waals surface area contributed by atoms with E-state index in [2.05, 4.69) is 43.3 Å². The van der Waals surface area contributed by atoms with Gasteiger partial charge in [-0.3, -0.25) is 4.79 Å². The summed E-state index contributed by atoms with van der Waals surface area (Å²) in [6, 6.07) is 18.4. The summed E-state index contributed by atoms with van der Waals surface area (Å²) in [6.45, 7) is 4.06. The summed E-state index contributed by atoms with van der Waals surface area (Å²) in [4.78, 5) is 12.2. The number of hydrogen-bond acceptors (Lipinski definition) is 1. The molecule has 0 aliphatic heterocycles. The highest BCUT2D eigenvalue weighted by Gasteiger charge is 2.14. The van der Waals surface area contributed by atoms with E-state index in [-0.39, 0.29) is 5.92 Å². The molecule has 0 N–H and O–H groups in total. The van der Waals surface area contributed by atoms with E-state index in [0.29, 0.717) is 12.2 Å². The molecule has 0 amide bonds. The molecule has 0 heterocycles. The maximum absolute atomic E-state index is 12.2. The summed E-state index contributed by atoms with van der Waals surface area (Å²) in [5.74, 6) is 0.303. The molecule has 98 valence electrons. The number of Topliss-reactive ketones (excluding diaryl/α,β-unsaturated/α-hetero) is 1. The molecule has 1 unspecified atom stereocenters. The van der Waals surface area contributed by atoms with E-state index in [4.69, 9.17) is 0 Å². The normalized spacial score (nSPS) is 12.1. The Balaban J connectivity index is 1.94. The van der Waals surface area contributed by atoms with Gasteiger partial charge in [0.25, 0.3) is 0 Å². The van der Waals surface area contributed by atoms with E-state index < -0.39 is 0 Å². The second-order valence-electron chi connectivity index (χ2n) is 5.08. The van der Waals surface area contributed by atoms with E-state index in [9.17, 15) is 4.79 Å². The van der Waals surface area contributed by atoms with Gasteiger partial charge in [0.2, 0.25) is 0 Å². The van der Waals surface area contributed by atoms with Gasteiger partial charge < -0.3 is 0 Å². The van der Waals surface area contributed by atoms with Crippen LogP contribution in [-0.4, -0.2) is 5.78 Å². The van der Waals surface area contributed by atoms with Gasteiger partial charge in [-0.25, -0.2) is 0 Å². The van der Waals surface area contributed by atoms with Crippen molar-refractivity contribution in [3.63, 3.8) is 0 Å². The lowest BCUT2D eigenvalue weighted by Gasteiger charge is -2.11. The molecule has 19 heavy (non-hydrogen) atoms. The van der Waals surface area contributed by atoms with Gasteiger partial charge in [-0.15, -0.1) is 0 Å². The molecule has 2 aromatic rings. The van der Waals surface area contributed by atoms with Gasteiger partial charge in [0, 0.05) is 12.3 Å². The lowest BCUT2D eigenvalue weighted by atomic mass is 9.92. The van der Waals surface area contributed by atoms with Crippen LogP contribution in [0, 0.1) is 6.92 Å². The van der Waals surface area contributed by atoms with E-state index in [1.54, 1.807) is 0 Å². The molecule has 0 saturated carbocycles. The van der Waals surface area contributed by atoms with Crippen molar-refractivity contribution < 1.29 is 4.79 Å². The fourth-order valence-electron chi connectivity index (χ4n) is 2.17. The van der Waals surface area contributed by atoms with Crippen LogP contribution < -0.4 is 0 Å². The molecule has 1 nitrogen and oxygen atoms in total. The standard InChI is InChI=1S/C18H20O/c1-14-8-11-17(12-9-14)15(2)18(19)13-10-16-6-4-3-5-7-16/h3-9,11-12,15H,10,13H2,1-2H3. The topological polar surface area (TPSA) is 17.1 Å². The van der Waals surface area contributed by atoms with Gasteiger partial charge in [-0.2, -0.15) is 0 Å². The van der Waals surface area contributed by atoms with Crippen LogP contribution in [0.15, 0.2) is 54.6 Å². The minimum absolute atomic E-state index is 0.00990. The first-order valence-corrected chi connectivity index (χ1v) is 6.80. The number of carbonyl (C=O) groups is 1. The predicted molar refractivity (Wildman–Crippen MR) is 79.4 cm³/mol. The lowest BCUT2D eigenvalue weighted by molar-refractivity contribution is -0.120. The van der Waals surface area contributed by atoms with Gasteiger partial charge in [-0.1, -0.05) is 67.1 Å². The third kappa shape index (κ3) is 3.78. The molecule has 0 fully saturated rings. The van der Waals surface area contributed by atoms with Crippen LogP contribution in [0.2, 0.25) is 0 Å². The minimum Gasteiger partial charge on any atom is -0.299 e. The molecule has 0 aliphatic rings. The van der Waals surface area contributed by atoms with Crippen molar-refractivity contribution in [3.05, 3.63) is 71.3 Å². The largest absolute Gasteiger partial charge is 0.299 e. The van der Waals surface area contributed by atoms with Crippen LogP contribution in [0.3, 0.4) is 0 Å². The molecular formula is C18H20O. The molecule has 0 radical (unpaired) electrons. The zero-order chi connectivity index (χ0) is 13.7.